The van der Waals surface area contributed by atoms with Crippen LogP contribution in [0, 0.1) is 5.92 Å². The summed E-state index contributed by atoms with van der Waals surface area (Å²) in [5.74, 6) is 0.142. The number of urea groups is 1. The number of carbonyl (C=O) groups excluding carboxylic acids is 1. The highest BCUT2D eigenvalue weighted by atomic mass is 16.5. The molecule has 0 aliphatic carbocycles. The Morgan fingerprint density at radius 3 is 2.91 bits per heavy atom. The van der Waals surface area contributed by atoms with Crippen LogP contribution in [0.5, 0.6) is 0 Å². The molecule has 0 saturated carbocycles. The zero-order valence-corrected chi connectivity index (χ0v) is 13.6. The first kappa shape index (κ1) is 17.3. The van der Waals surface area contributed by atoms with Crippen molar-refractivity contribution in [2.75, 3.05) is 26.8 Å². The summed E-state index contributed by atoms with van der Waals surface area (Å²) in [6, 6.07) is 3.04. The minimum Gasteiger partial charge on any atom is -0.481 e. The first-order valence-corrected chi connectivity index (χ1v) is 7.91. The molecule has 2 rings (SSSR count). The number of rotatable bonds is 6. The van der Waals surface area contributed by atoms with Crippen LogP contribution in [0.25, 0.3) is 0 Å². The molecule has 1 saturated heterocycles. The van der Waals surface area contributed by atoms with Crippen LogP contribution in [0.4, 0.5) is 4.79 Å². The number of hydrogen-bond acceptors (Lipinski definition) is 4. The molecule has 7 nitrogen and oxygen atoms in total. The Morgan fingerprint density at radius 2 is 2.30 bits per heavy atom. The number of furan rings is 1. The third-order valence-electron chi connectivity index (χ3n) is 4.06. The van der Waals surface area contributed by atoms with Crippen LogP contribution in [0.15, 0.2) is 16.5 Å². The Kier molecular flexibility index (Phi) is 6.04. The van der Waals surface area contributed by atoms with E-state index in [1.807, 2.05) is 19.1 Å². The van der Waals surface area contributed by atoms with Crippen molar-refractivity contribution in [1.82, 2.24) is 10.2 Å². The third kappa shape index (κ3) is 4.48. The van der Waals surface area contributed by atoms with Gasteiger partial charge >= 0.3 is 12.0 Å². The van der Waals surface area contributed by atoms with Gasteiger partial charge in [-0.2, -0.15) is 0 Å². The van der Waals surface area contributed by atoms with E-state index in [-0.39, 0.29) is 12.6 Å². The van der Waals surface area contributed by atoms with Gasteiger partial charge in [-0.25, -0.2) is 4.79 Å². The monoisotopic (exact) mass is 324 g/mol. The second kappa shape index (κ2) is 8.01. The molecule has 2 amide bonds. The lowest BCUT2D eigenvalue weighted by Gasteiger charge is -2.31. The number of carboxylic acids is 1. The van der Waals surface area contributed by atoms with Gasteiger partial charge in [0.2, 0.25) is 0 Å². The largest absolute Gasteiger partial charge is 0.481 e. The van der Waals surface area contributed by atoms with Gasteiger partial charge in [-0.1, -0.05) is 6.92 Å². The molecule has 0 bridgehead atoms. The second-order valence-corrected chi connectivity index (χ2v) is 5.74. The minimum absolute atomic E-state index is 0.235. The molecule has 1 aliphatic rings. The highest BCUT2D eigenvalue weighted by molar-refractivity contribution is 5.76. The number of hydrogen-bond donors (Lipinski definition) is 2. The van der Waals surface area contributed by atoms with Crippen molar-refractivity contribution in [3.8, 4) is 0 Å². The maximum atomic E-state index is 12.4. The molecule has 2 atom stereocenters. The van der Waals surface area contributed by atoms with Gasteiger partial charge in [0.25, 0.3) is 0 Å². The summed E-state index contributed by atoms with van der Waals surface area (Å²) in [6.45, 7) is 3.08. The molecule has 23 heavy (non-hydrogen) atoms. The summed E-state index contributed by atoms with van der Waals surface area (Å²) < 4.78 is 10.8. The molecule has 128 valence electrons. The molecular weight excluding hydrogens is 300 g/mol. The SMILES string of the molecule is CCc1ccc(C(COC)NC(=O)N2CCCC(C(=O)O)C2)o1. The van der Waals surface area contributed by atoms with Crippen molar-refractivity contribution >= 4 is 12.0 Å². The molecular formula is C16H24N2O5. The van der Waals surface area contributed by atoms with E-state index in [1.54, 1.807) is 12.0 Å². The Hall–Kier alpha value is -2.02. The van der Waals surface area contributed by atoms with E-state index in [9.17, 15) is 9.59 Å². The average Bonchev–Trinajstić information content (AvgIpc) is 3.03. The summed E-state index contributed by atoms with van der Waals surface area (Å²) in [6.07, 6.45) is 2.08. The number of ether oxygens (including phenoxy) is 1. The standard InChI is InChI=1S/C16H24N2O5/c1-3-12-6-7-14(23-12)13(10-22-2)17-16(21)18-8-4-5-11(9-18)15(19)20/h6-7,11,13H,3-5,8-10H2,1-2H3,(H,17,21)(H,19,20). The lowest BCUT2D eigenvalue weighted by Crippen LogP contribution is -2.48. The predicted octanol–water partition coefficient (Wildman–Crippen LogP) is 2.04. The minimum atomic E-state index is -0.852. The maximum absolute atomic E-state index is 12.4. The van der Waals surface area contributed by atoms with Crippen LogP contribution in [0.3, 0.4) is 0 Å². The Labute approximate surface area is 135 Å². The normalized spacial score (nSPS) is 19.4. The van der Waals surface area contributed by atoms with Gasteiger partial charge < -0.3 is 24.5 Å². The van der Waals surface area contributed by atoms with Crippen LogP contribution in [0.2, 0.25) is 0 Å². The van der Waals surface area contributed by atoms with Gasteiger partial charge in [0.05, 0.1) is 12.5 Å². The van der Waals surface area contributed by atoms with Gasteiger partial charge in [-0.15, -0.1) is 0 Å². The van der Waals surface area contributed by atoms with Crippen molar-refractivity contribution in [3.05, 3.63) is 23.7 Å². The Balaban J connectivity index is 2.01. The van der Waals surface area contributed by atoms with E-state index in [0.717, 1.165) is 12.2 Å². The second-order valence-electron chi connectivity index (χ2n) is 5.74. The van der Waals surface area contributed by atoms with Gasteiger partial charge in [-0.05, 0) is 25.0 Å². The maximum Gasteiger partial charge on any atom is 0.318 e. The lowest BCUT2D eigenvalue weighted by molar-refractivity contribution is -0.143. The number of piperidine rings is 1. The Bertz CT molecular complexity index is 542. The number of methoxy groups -OCH3 is 1. The summed E-state index contributed by atoms with van der Waals surface area (Å²) in [7, 11) is 1.56. The molecule has 1 aliphatic heterocycles. The van der Waals surface area contributed by atoms with Gasteiger partial charge in [0.15, 0.2) is 0 Å². The third-order valence-corrected chi connectivity index (χ3v) is 4.06. The van der Waals surface area contributed by atoms with Gasteiger partial charge in [0.1, 0.15) is 17.6 Å². The number of carbonyl (C=O) groups is 2. The van der Waals surface area contributed by atoms with Gasteiger partial charge in [-0.3, -0.25) is 4.79 Å². The molecule has 1 aromatic rings. The van der Waals surface area contributed by atoms with E-state index < -0.39 is 17.9 Å². The highest BCUT2D eigenvalue weighted by Gasteiger charge is 2.29. The van der Waals surface area contributed by atoms with Crippen molar-refractivity contribution in [2.24, 2.45) is 5.92 Å². The first-order chi connectivity index (χ1) is 11.0. The molecule has 7 heteroatoms. The molecule has 2 heterocycles. The van der Waals surface area contributed by atoms with Crippen molar-refractivity contribution in [1.29, 1.82) is 0 Å². The summed E-state index contributed by atoms with van der Waals surface area (Å²) in [4.78, 5) is 25.1. The zero-order chi connectivity index (χ0) is 16.8. The Morgan fingerprint density at radius 1 is 1.52 bits per heavy atom. The fourth-order valence-electron chi connectivity index (χ4n) is 2.74. The highest BCUT2D eigenvalue weighted by Crippen LogP contribution is 2.20. The number of nitrogens with one attached hydrogen (secondary N) is 1. The van der Waals surface area contributed by atoms with Crippen LogP contribution in [-0.4, -0.2) is 48.8 Å². The molecule has 0 aromatic carbocycles. The van der Waals surface area contributed by atoms with E-state index in [1.165, 1.54) is 0 Å². The molecule has 0 radical (unpaired) electrons. The number of carboxylic acid groups (broad SMARTS) is 1. The number of aliphatic carboxylic acids is 1. The number of aryl methyl sites for hydroxylation is 1. The predicted molar refractivity (Wildman–Crippen MR) is 83.2 cm³/mol. The zero-order valence-electron chi connectivity index (χ0n) is 13.6. The van der Waals surface area contributed by atoms with Gasteiger partial charge in [0, 0.05) is 26.6 Å². The van der Waals surface area contributed by atoms with Crippen LogP contribution in [0.1, 0.15) is 37.3 Å². The van der Waals surface area contributed by atoms with Crippen LogP contribution in [-0.2, 0) is 16.0 Å². The summed E-state index contributed by atoms with van der Waals surface area (Å²) in [5.41, 5.74) is 0. The molecule has 0 spiro atoms. The fraction of sp³-hybridized carbons (Fsp3) is 0.625. The van der Waals surface area contributed by atoms with E-state index in [2.05, 4.69) is 5.32 Å². The first-order valence-electron chi connectivity index (χ1n) is 7.91. The van der Waals surface area contributed by atoms with Crippen LogP contribution < -0.4 is 5.32 Å². The quantitative estimate of drug-likeness (QED) is 0.835. The van der Waals surface area contributed by atoms with Crippen molar-refractivity contribution in [2.45, 2.75) is 32.2 Å². The molecule has 1 aromatic heterocycles. The molecule has 2 N–H and O–H groups in total. The van der Waals surface area contributed by atoms with E-state index >= 15 is 0 Å². The van der Waals surface area contributed by atoms with E-state index in [0.29, 0.717) is 31.8 Å². The smallest absolute Gasteiger partial charge is 0.318 e. The van der Waals surface area contributed by atoms with Crippen molar-refractivity contribution < 1.29 is 23.8 Å². The summed E-state index contributed by atoms with van der Waals surface area (Å²) in [5, 5.41) is 12.0. The fourth-order valence-corrected chi connectivity index (χ4v) is 2.74. The molecule has 2 unspecified atom stereocenters. The van der Waals surface area contributed by atoms with Crippen LogP contribution >= 0.6 is 0 Å². The molecule has 1 fully saturated rings. The topological polar surface area (TPSA) is 92.0 Å². The number of amides is 2. The average molecular weight is 324 g/mol. The lowest BCUT2D eigenvalue weighted by atomic mass is 9.99. The summed E-state index contributed by atoms with van der Waals surface area (Å²) >= 11 is 0. The van der Waals surface area contributed by atoms with E-state index in [4.69, 9.17) is 14.3 Å². The van der Waals surface area contributed by atoms with Crippen molar-refractivity contribution in [3.63, 3.8) is 0 Å². The number of nitrogens with zero attached hydrogens (tertiary/aromatic N) is 1. The number of likely N-dealkylation sites (tertiary alicyclic amines) is 1.